The summed E-state index contributed by atoms with van der Waals surface area (Å²) in [6.07, 6.45) is 8.44. The molecule has 20 heavy (non-hydrogen) atoms. The molecule has 0 aromatic rings. The maximum absolute atomic E-state index is 12.0. The van der Waals surface area contributed by atoms with Gasteiger partial charge in [-0.05, 0) is 52.0 Å². The van der Waals surface area contributed by atoms with Gasteiger partial charge in [0.25, 0.3) is 0 Å². The van der Waals surface area contributed by atoms with Crippen molar-refractivity contribution in [2.45, 2.75) is 71.2 Å². The smallest absolute Gasteiger partial charge is 0.311 e. The zero-order valence-corrected chi connectivity index (χ0v) is 15.1. The van der Waals surface area contributed by atoms with Crippen molar-refractivity contribution in [3.8, 4) is 0 Å². The molecule has 0 N–H and O–H groups in total. The minimum absolute atomic E-state index is 0.0409. The minimum atomic E-state index is -1.08. The fraction of sp³-hybridized carbons (Fsp3) is 0.938. The van der Waals surface area contributed by atoms with Crippen molar-refractivity contribution in [1.29, 1.82) is 0 Å². The second-order valence-electron chi connectivity index (χ2n) is 7.42. The molecular weight excluding hydrogens is 272 g/mol. The average Bonchev–Trinajstić information content (AvgIpc) is 2.31. The second kappa shape index (κ2) is 6.27. The van der Waals surface area contributed by atoms with E-state index in [0.717, 1.165) is 25.7 Å². The highest BCUT2D eigenvalue weighted by molar-refractivity contribution is 8.29. The second-order valence-corrected chi connectivity index (χ2v) is 11.3. The van der Waals surface area contributed by atoms with Crippen LogP contribution in [0.25, 0.3) is 0 Å². The van der Waals surface area contributed by atoms with Gasteiger partial charge in [0.2, 0.25) is 0 Å². The van der Waals surface area contributed by atoms with Crippen LogP contribution < -0.4 is 0 Å². The summed E-state index contributed by atoms with van der Waals surface area (Å²) in [7, 11) is -1.08. The van der Waals surface area contributed by atoms with Gasteiger partial charge in [0.05, 0.1) is 18.1 Å². The first-order chi connectivity index (χ1) is 9.02. The van der Waals surface area contributed by atoms with E-state index in [1.807, 2.05) is 13.8 Å². The van der Waals surface area contributed by atoms with E-state index >= 15 is 0 Å². The van der Waals surface area contributed by atoms with Crippen molar-refractivity contribution in [1.82, 2.24) is 0 Å². The maximum Gasteiger partial charge on any atom is 0.311 e. The molecule has 0 atom stereocenters. The Hall–Kier alpha value is -0.220. The van der Waals surface area contributed by atoms with Crippen molar-refractivity contribution < 1.29 is 13.7 Å². The molecule has 0 heterocycles. The maximum atomic E-state index is 12.0. The van der Waals surface area contributed by atoms with Crippen molar-refractivity contribution >= 4 is 16.3 Å². The molecule has 1 fully saturated rings. The largest absolute Gasteiger partial charge is 0.466 e. The normalized spacial score (nSPS) is 29.1. The van der Waals surface area contributed by atoms with Gasteiger partial charge in [-0.15, -0.1) is 10.3 Å². The molecule has 0 saturated heterocycles. The summed E-state index contributed by atoms with van der Waals surface area (Å²) in [5.41, 5.74) is -0.308. The number of carbonyl (C=O) groups is 1. The van der Waals surface area contributed by atoms with Crippen LogP contribution >= 0.6 is 10.3 Å². The minimum Gasteiger partial charge on any atom is -0.466 e. The summed E-state index contributed by atoms with van der Waals surface area (Å²) in [4.78, 5) is 12.0. The quantitative estimate of drug-likeness (QED) is 0.727. The summed E-state index contributed by atoms with van der Waals surface area (Å²) < 4.78 is 11.8. The van der Waals surface area contributed by atoms with Gasteiger partial charge in [-0.3, -0.25) is 4.79 Å². The molecule has 1 aliphatic rings. The van der Waals surface area contributed by atoms with E-state index in [1.54, 1.807) is 0 Å². The predicted molar refractivity (Wildman–Crippen MR) is 87.3 cm³/mol. The Morgan fingerprint density at radius 2 is 1.75 bits per heavy atom. The number of carbonyl (C=O) groups excluding carboxylic acids is 1. The molecule has 0 radical (unpaired) electrons. The van der Waals surface area contributed by atoms with Crippen LogP contribution in [0.4, 0.5) is 0 Å². The fourth-order valence-electron chi connectivity index (χ4n) is 2.32. The van der Waals surface area contributed by atoms with Crippen molar-refractivity contribution in [2.75, 3.05) is 19.1 Å². The number of hydrogen-bond acceptors (Lipinski definition) is 3. The number of hydrogen-bond donors (Lipinski definition) is 0. The SMILES string of the molecule is CCOC(=O)C1(C)CCC(OS(C)(C)C(C)(C)C)CC1. The Morgan fingerprint density at radius 3 is 2.15 bits per heavy atom. The predicted octanol–water partition coefficient (Wildman–Crippen LogP) is 4.29. The lowest BCUT2D eigenvalue weighted by Gasteiger charge is -2.47. The van der Waals surface area contributed by atoms with Crippen molar-refractivity contribution in [3.63, 3.8) is 0 Å². The molecule has 0 aliphatic heterocycles. The first-order valence-corrected chi connectivity index (χ1v) is 9.98. The highest BCUT2D eigenvalue weighted by Gasteiger charge is 2.41. The standard InChI is InChI=1S/C16H32O3S/c1-8-18-14(17)16(5)11-9-13(10-12-16)19-20(6,7)15(2,3)4/h13H,8-12H2,1-7H3. The number of ether oxygens (including phenoxy) is 1. The van der Waals surface area contributed by atoms with Crippen LogP contribution in [0.15, 0.2) is 0 Å². The van der Waals surface area contributed by atoms with E-state index in [4.69, 9.17) is 8.92 Å². The van der Waals surface area contributed by atoms with E-state index in [0.29, 0.717) is 12.7 Å². The molecule has 0 unspecified atom stereocenters. The third-order valence-electron chi connectivity index (χ3n) is 4.66. The summed E-state index contributed by atoms with van der Waals surface area (Å²) in [5, 5.41) is 0. The molecule has 0 spiro atoms. The van der Waals surface area contributed by atoms with Crippen LogP contribution in [0, 0.1) is 5.41 Å². The van der Waals surface area contributed by atoms with Gasteiger partial charge in [0.1, 0.15) is 0 Å². The monoisotopic (exact) mass is 304 g/mol. The molecule has 1 aliphatic carbocycles. The van der Waals surface area contributed by atoms with Crippen LogP contribution in [0.5, 0.6) is 0 Å². The van der Waals surface area contributed by atoms with Gasteiger partial charge in [0.15, 0.2) is 0 Å². The van der Waals surface area contributed by atoms with Gasteiger partial charge < -0.3 is 8.92 Å². The van der Waals surface area contributed by atoms with Crippen LogP contribution in [0.3, 0.4) is 0 Å². The Kier molecular flexibility index (Phi) is 5.59. The highest BCUT2D eigenvalue weighted by Crippen LogP contribution is 2.56. The molecule has 0 aromatic carbocycles. The van der Waals surface area contributed by atoms with Crippen LogP contribution in [-0.2, 0) is 13.7 Å². The Labute approximate surface area is 126 Å². The fourth-order valence-corrected chi connectivity index (χ4v) is 3.48. The first kappa shape index (κ1) is 17.8. The number of rotatable bonds is 4. The molecule has 120 valence electrons. The van der Waals surface area contributed by atoms with Gasteiger partial charge in [-0.1, -0.05) is 20.8 Å². The zero-order valence-electron chi connectivity index (χ0n) is 14.2. The van der Waals surface area contributed by atoms with Crippen molar-refractivity contribution in [2.24, 2.45) is 5.41 Å². The lowest BCUT2D eigenvalue weighted by atomic mass is 9.75. The number of esters is 1. The molecule has 1 rings (SSSR count). The molecule has 1 saturated carbocycles. The van der Waals surface area contributed by atoms with E-state index < -0.39 is 10.3 Å². The van der Waals surface area contributed by atoms with E-state index in [2.05, 4.69) is 33.3 Å². The van der Waals surface area contributed by atoms with Crippen LogP contribution in [0.2, 0.25) is 0 Å². The van der Waals surface area contributed by atoms with E-state index in [1.165, 1.54) is 0 Å². The van der Waals surface area contributed by atoms with Crippen LogP contribution in [0.1, 0.15) is 60.3 Å². The first-order valence-electron chi connectivity index (χ1n) is 7.60. The summed E-state index contributed by atoms with van der Waals surface area (Å²) in [6, 6.07) is 0. The van der Waals surface area contributed by atoms with E-state index in [-0.39, 0.29) is 16.1 Å². The molecular formula is C16H32O3S. The van der Waals surface area contributed by atoms with Gasteiger partial charge in [-0.25, -0.2) is 0 Å². The molecule has 0 bridgehead atoms. The highest BCUT2D eigenvalue weighted by atomic mass is 32.3. The summed E-state index contributed by atoms with van der Waals surface area (Å²) in [5.74, 6) is -0.0409. The van der Waals surface area contributed by atoms with Crippen molar-refractivity contribution in [3.05, 3.63) is 0 Å². The van der Waals surface area contributed by atoms with Gasteiger partial charge in [0, 0.05) is 4.75 Å². The van der Waals surface area contributed by atoms with Gasteiger partial charge in [-0.2, -0.15) is 0 Å². The average molecular weight is 304 g/mol. The third kappa shape index (κ3) is 4.14. The topological polar surface area (TPSA) is 35.5 Å². The summed E-state index contributed by atoms with van der Waals surface area (Å²) >= 11 is 0. The lowest BCUT2D eigenvalue weighted by molar-refractivity contribution is -0.157. The van der Waals surface area contributed by atoms with E-state index in [9.17, 15) is 4.79 Å². The zero-order chi connectivity index (χ0) is 15.6. The summed E-state index contributed by atoms with van der Waals surface area (Å²) in [6.45, 7) is 11.1. The molecule has 0 aromatic heterocycles. The Bertz CT molecular complexity index is 336. The lowest BCUT2D eigenvalue weighted by Crippen LogP contribution is -2.38. The Balaban J connectivity index is 2.57. The molecule has 4 heteroatoms. The third-order valence-corrected chi connectivity index (χ3v) is 8.36. The van der Waals surface area contributed by atoms with Gasteiger partial charge >= 0.3 is 5.97 Å². The molecule has 0 amide bonds. The Morgan fingerprint density at radius 1 is 1.25 bits per heavy atom. The molecule has 3 nitrogen and oxygen atoms in total. The van der Waals surface area contributed by atoms with Crippen LogP contribution in [-0.4, -0.2) is 35.9 Å².